The van der Waals surface area contributed by atoms with E-state index in [1.807, 2.05) is 6.92 Å². The highest BCUT2D eigenvalue weighted by molar-refractivity contribution is 6.00. The third kappa shape index (κ3) is 4.23. The third-order valence-corrected chi connectivity index (χ3v) is 1.64. The van der Waals surface area contributed by atoms with Crippen molar-refractivity contribution in [1.82, 2.24) is 0 Å². The number of ether oxygens (including phenoxy) is 1. The van der Waals surface area contributed by atoms with Crippen molar-refractivity contribution < 1.29 is 14.3 Å². The lowest BCUT2D eigenvalue weighted by Crippen LogP contribution is -2.23. The van der Waals surface area contributed by atoms with E-state index in [2.05, 4.69) is 0 Å². The van der Waals surface area contributed by atoms with E-state index in [-0.39, 0.29) is 18.0 Å². The van der Waals surface area contributed by atoms with Crippen LogP contribution in [0.25, 0.3) is 0 Å². The maximum Gasteiger partial charge on any atom is 0.168 e. The fourth-order valence-corrected chi connectivity index (χ4v) is 0.806. The van der Waals surface area contributed by atoms with E-state index in [0.29, 0.717) is 13.0 Å². The van der Waals surface area contributed by atoms with E-state index in [1.165, 1.54) is 0 Å². The van der Waals surface area contributed by atoms with Crippen LogP contribution >= 0.6 is 0 Å². The summed E-state index contributed by atoms with van der Waals surface area (Å²) in [7, 11) is 0. The van der Waals surface area contributed by atoms with E-state index < -0.39 is 6.10 Å². The van der Waals surface area contributed by atoms with Gasteiger partial charge in [-0.15, -0.1) is 0 Å². The summed E-state index contributed by atoms with van der Waals surface area (Å²) in [4.78, 5) is 22.0. The normalized spacial score (nSPS) is 12.6. The molecule has 0 aliphatic rings. The molecular weight excluding hydrogens is 156 g/mol. The molecule has 3 nitrogen and oxygen atoms in total. The first-order chi connectivity index (χ1) is 5.61. The van der Waals surface area contributed by atoms with Crippen molar-refractivity contribution in [2.75, 3.05) is 6.61 Å². The fraction of sp³-hybridized carbons (Fsp3) is 0.778. The van der Waals surface area contributed by atoms with Crippen LogP contribution in [0.3, 0.4) is 0 Å². The highest BCUT2D eigenvalue weighted by atomic mass is 16.5. The van der Waals surface area contributed by atoms with Crippen molar-refractivity contribution in [1.29, 1.82) is 0 Å². The number of carbonyl (C=O) groups excluding carboxylic acids is 2. The topological polar surface area (TPSA) is 43.4 Å². The smallest absolute Gasteiger partial charge is 0.168 e. The van der Waals surface area contributed by atoms with Gasteiger partial charge in [0.25, 0.3) is 0 Å². The Kier molecular flexibility index (Phi) is 5.54. The molecule has 0 heterocycles. The van der Waals surface area contributed by atoms with Gasteiger partial charge in [-0.1, -0.05) is 6.92 Å². The van der Waals surface area contributed by atoms with Crippen molar-refractivity contribution >= 4 is 11.6 Å². The molecule has 0 rings (SSSR count). The van der Waals surface area contributed by atoms with Gasteiger partial charge in [0.15, 0.2) is 5.78 Å². The van der Waals surface area contributed by atoms with Gasteiger partial charge in [0.2, 0.25) is 0 Å². The molecule has 0 saturated heterocycles. The highest BCUT2D eigenvalue weighted by Gasteiger charge is 2.15. The lowest BCUT2D eigenvalue weighted by Gasteiger charge is -2.08. The molecule has 0 radical (unpaired) electrons. The Morgan fingerprint density at radius 3 is 2.33 bits per heavy atom. The first kappa shape index (κ1) is 11.3. The molecule has 0 aliphatic carbocycles. The van der Waals surface area contributed by atoms with E-state index in [4.69, 9.17) is 4.74 Å². The standard InChI is InChI=1S/C9H16O3/c1-4-8(10)6-9(11)7(3)12-5-2/h7H,4-6H2,1-3H3. The van der Waals surface area contributed by atoms with E-state index in [0.717, 1.165) is 0 Å². The summed E-state index contributed by atoms with van der Waals surface area (Å²) >= 11 is 0. The van der Waals surface area contributed by atoms with Crippen molar-refractivity contribution in [3.63, 3.8) is 0 Å². The monoisotopic (exact) mass is 172 g/mol. The minimum atomic E-state index is -0.439. The van der Waals surface area contributed by atoms with Gasteiger partial charge < -0.3 is 4.74 Å². The Morgan fingerprint density at radius 2 is 1.92 bits per heavy atom. The zero-order chi connectivity index (χ0) is 9.56. The summed E-state index contributed by atoms with van der Waals surface area (Å²) in [6.45, 7) is 5.76. The van der Waals surface area contributed by atoms with Crippen LogP contribution in [-0.4, -0.2) is 24.3 Å². The summed E-state index contributed by atoms with van der Waals surface area (Å²) < 4.78 is 5.05. The molecule has 0 N–H and O–H groups in total. The zero-order valence-corrected chi connectivity index (χ0v) is 7.92. The first-order valence-electron chi connectivity index (χ1n) is 4.27. The van der Waals surface area contributed by atoms with E-state index in [9.17, 15) is 9.59 Å². The second-order valence-corrected chi connectivity index (χ2v) is 2.63. The summed E-state index contributed by atoms with van der Waals surface area (Å²) in [5.41, 5.74) is 0. The van der Waals surface area contributed by atoms with E-state index >= 15 is 0 Å². The first-order valence-corrected chi connectivity index (χ1v) is 4.27. The molecule has 0 bridgehead atoms. The van der Waals surface area contributed by atoms with Gasteiger partial charge >= 0.3 is 0 Å². The van der Waals surface area contributed by atoms with Crippen LogP contribution in [0.1, 0.15) is 33.6 Å². The molecule has 3 heteroatoms. The van der Waals surface area contributed by atoms with Gasteiger partial charge in [-0.05, 0) is 13.8 Å². The summed E-state index contributed by atoms with van der Waals surface area (Å²) in [5.74, 6) is -0.143. The van der Waals surface area contributed by atoms with Crippen LogP contribution in [0, 0.1) is 0 Å². The Bertz CT molecular complexity index is 163. The number of rotatable bonds is 6. The average Bonchev–Trinajstić information content (AvgIpc) is 2.04. The molecule has 0 aromatic rings. The molecule has 0 aliphatic heterocycles. The minimum absolute atomic E-state index is 0.0116. The predicted molar refractivity (Wildman–Crippen MR) is 46.0 cm³/mol. The van der Waals surface area contributed by atoms with Crippen LogP contribution in [0.5, 0.6) is 0 Å². The Hall–Kier alpha value is -0.700. The van der Waals surface area contributed by atoms with Crippen LogP contribution < -0.4 is 0 Å². The second kappa shape index (κ2) is 5.89. The van der Waals surface area contributed by atoms with Gasteiger partial charge in [-0.2, -0.15) is 0 Å². The number of hydrogen-bond acceptors (Lipinski definition) is 3. The van der Waals surface area contributed by atoms with Crippen molar-refractivity contribution in [2.45, 2.75) is 39.7 Å². The average molecular weight is 172 g/mol. The zero-order valence-electron chi connectivity index (χ0n) is 7.92. The van der Waals surface area contributed by atoms with Crippen LogP contribution in [0.4, 0.5) is 0 Å². The van der Waals surface area contributed by atoms with Gasteiger partial charge in [0, 0.05) is 13.0 Å². The maximum atomic E-state index is 11.2. The lowest BCUT2D eigenvalue weighted by molar-refractivity contribution is -0.133. The predicted octanol–water partition coefficient (Wildman–Crippen LogP) is 1.35. The molecule has 0 saturated carbocycles. The second-order valence-electron chi connectivity index (χ2n) is 2.63. The third-order valence-electron chi connectivity index (χ3n) is 1.64. The molecule has 0 spiro atoms. The Balaban J connectivity index is 3.78. The van der Waals surface area contributed by atoms with Crippen LogP contribution in [0.15, 0.2) is 0 Å². The molecule has 70 valence electrons. The summed E-state index contributed by atoms with van der Waals surface area (Å²) in [6.07, 6.45) is -0.00656. The molecule has 12 heavy (non-hydrogen) atoms. The van der Waals surface area contributed by atoms with Crippen LogP contribution in [0.2, 0.25) is 0 Å². The SMILES string of the molecule is CCOC(C)C(=O)CC(=O)CC. The van der Waals surface area contributed by atoms with Crippen molar-refractivity contribution in [3.05, 3.63) is 0 Å². The molecule has 1 unspecified atom stereocenters. The lowest BCUT2D eigenvalue weighted by atomic mass is 10.1. The number of hydrogen-bond donors (Lipinski definition) is 0. The largest absolute Gasteiger partial charge is 0.371 e. The molecule has 1 atom stereocenters. The Morgan fingerprint density at radius 1 is 1.33 bits per heavy atom. The molecule has 0 amide bonds. The highest BCUT2D eigenvalue weighted by Crippen LogP contribution is 1.99. The van der Waals surface area contributed by atoms with E-state index in [1.54, 1.807) is 13.8 Å². The molecule has 0 fully saturated rings. The minimum Gasteiger partial charge on any atom is -0.371 e. The maximum absolute atomic E-state index is 11.2. The quantitative estimate of drug-likeness (QED) is 0.568. The van der Waals surface area contributed by atoms with Gasteiger partial charge in [-0.25, -0.2) is 0 Å². The molecule has 0 aromatic heterocycles. The van der Waals surface area contributed by atoms with Crippen molar-refractivity contribution in [3.8, 4) is 0 Å². The fourth-order valence-electron chi connectivity index (χ4n) is 0.806. The number of carbonyl (C=O) groups is 2. The summed E-state index contributed by atoms with van der Waals surface area (Å²) in [5, 5.41) is 0. The Labute approximate surface area is 73.1 Å². The number of Topliss-reactive ketones (excluding diaryl/α,β-unsaturated/α-hetero) is 2. The number of ketones is 2. The van der Waals surface area contributed by atoms with Gasteiger partial charge in [-0.3, -0.25) is 9.59 Å². The van der Waals surface area contributed by atoms with Gasteiger partial charge in [0.05, 0.1) is 6.42 Å². The molecule has 0 aromatic carbocycles. The molecular formula is C9H16O3. The van der Waals surface area contributed by atoms with Crippen molar-refractivity contribution in [2.24, 2.45) is 0 Å². The van der Waals surface area contributed by atoms with Crippen LogP contribution in [-0.2, 0) is 14.3 Å². The summed E-state index contributed by atoms with van der Waals surface area (Å²) in [6, 6.07) is 0. The van der Waals surface area contributed by atoms with Gasteiger partial charge in [0.1, 0.15) is 11.9 Å².